The summed E-state index contributed by atoms with van der Waals surface area (Å²) >= 11 is 0. The number of pyridine rings is 2. The molecule has 1 unspecified atom stereocenters. The number of carbonyl (C=O) groups excluding carboxylic acids is 1. The van der Waals surface area contributed by atoms with Gasteiger partial charge in [-0.15, -0.1) is 0 Å². The van der Waals surface area contributed by atoms with Gasteiger partial charge in [-0.05, 0) is 44.0 Å². The molecule has 218 valence electrons. The third-order valence-electron chi connectivity index (χ3n) is 6.81. The van der Waals surface area contributed by atoms with E-state index in [9.17, 15) is 26.7 Å². The largest absolute Gasteiger partial charge is 0.488 e. The normalized spacial score (nSPS) is 14.9. The Morgan fingerprint density at radius 1 is 1.02 bits per heavy atom. The van der Waals surface area contributed by atoms with Crippen molar-refractivity contribution >= 4 is 6.09 Å². The van der Waals surface area contributed by atoms with E-state index in [0.717, 1.165) is 17.7 Å². The Morgan fingerprint density at radius 2 is 1.76 bits per heavy atom. The minimum Gasteiger partial charge on any atom is -0.488 e. The Labute approximate surface area is 237 Å². The summed E-state index contributed by atoms with van der Waals surface area (Å²) in [6, 6.07) is 12.6. The van der Waals surface area contributed by atoms with Crippen molar-refractivity contribution in [3.8, 4) is 28.6 Å². The fourth-order valence-corrected chi connectivity index (χ4v) is 4.67. The van der Waals surface area contributed by atoms with Crippen molar-refractivity contribution < 1.29 is 41.0 Å². The van der Waals surface area contributed by atoms with Crippen LogP contribution < -0.4 is 14.8 Å². The predicted molar refractivity (Wildman–Crippen MR) is 141 cm³/mol. The lowest BCUT2D eigenvalue weighted by Crippen LogP contribution is -2.14. The number of nitrogens with one attached hydrogen (secondary N) is 1. The smallest absolute Gasteiger partial charge is 0.418 e. The van der Waals surface area contributed by atoms with Crippen LogP contribution in [-0.4, -0.2) is 22.6 Å². The number of carbonyl (C=O) groups is 1. The zero-order valence-corrected chi connectivity index (χ0v) is 22.6. The molecule has 0 bridgehead atoms. The van der Waals surface area contributed by atoms with Crippen molar-refractivity contribution in [1.82, 2.24) is 15.3 Å². The minimum absolute atomic E-state index is 0.0166. The highest BCUT2D eigenvalue weighted by atomic mass is 19.4. The number of cyclic esters (lactones) is 1. The molecular formula is C30H24F5N3O4. The Balaban J connectivity index is 1.67. The van der Waals surface area contributed by atoms with Gasteiger partial charge in [0.1, 0.15) is 18.1 Å². The van der Waals surface area contributed by atoms with Gasteiger partial charge < -0.3 is 19.5 Å². The molecule has 1 aliphatic heterocycles. The van der Waals surface area contributed by atoms with Gasteiger partial charge >= 0.3 is 12.3 Å². The van der Waals surface area contributed by atoms with Gasteiger partial charge in [0.2, 0.25) is 5.88 Å². The number of rotatable bonds is 7. The first-order chi connectivity index (χ1) is 19.9. The average Bonchev–Trinajstić information content (AvgIpc) is 3.37. The summed E-state index contributed by atoms with van der Waals surface area (Å²) in [5.74, 6) is -2.49. The maximum Gasteiger partial charge on any atom is 0.418 e. The first kappa shape index (κ1) is 28.8. The molecule has 1 N–H and O–H groups in total. The molecule has 42 heavy (non-hydrogen) atoms. The Kier molecular flexibility index (Phi) is 7.72. The van der Waals surface area contributed by atoms with Gasteiger partial charge in [0.25, 0.3) is 0 Å². The molecule has 5 rings (SSSR count). The van der Waals surface area contributed by atoms with Crippen LogP contribution in [0, 0.1) is 32.4 Å². The second-order valence-corrected chi connectivity index (χ2v) is 9.62. The third-order valence-corrected chi connectivity index (χ3v) is 6.81. The highest BCUT2D eigenvalue weighted by Crippen LogP contribution is 2.43. The van der Waals surface area contributed by atoms with E-state index >= 15 is 0 Å². The maximum absolute atomic E-state index is 14.3. The number of amides is 1. The van der Waals surface area contributed by atoms with Crippen LogP contribution in [0.1, 0.15) is 39.6 Å². The van der Waals surface area contributed by atoms with E-state index < -0.39 is 35.6 Å². The Hall–Kier alpha value is -4.74. The van der Waals surface area contributed by atoms with Gasteiger partial charge in [-0.1, -0.05) is 30.3 Å². The fraction of sp³-hybridized carbons (Fsp3) is 0.233. The number of halogens is 5. The number of aromatic nitrogens is 2. The molecule has 0 radical (unpaired) electrons. The van der Waals surface area contributed by atoms with Crippen LogP contribution in [0.4, 0.5) is 26.7 Å². The minimum atomic E-state index is -4.76. The predicted octanol–water partition coefficient (Wildman–Crippen LogP) is 7.52. The van der Waals surface area contributed by atoms with Gasteiger partial charge in [0, 0.05) is 23.5 Å². The third kappa shape index (κ3) is 5.69. The van der Waals surface area contributed by atoms with Crippen LogP contribution in [0.2, 0.25) is 0 Å². The van der Waals surface area contributed by atoms with Crippen molar-refractivity contribution in [2.24, 2.45) is 0 Å². The number of hydrogen-bond acceptors (Lipinski definition) is 6. The van der Waals surface area contributed by atoms with Crippen molar-refractivity contribution in [2.45, 2.75) is 39.7 Å². The van der Waals surface area contributed by atoms with E-state index in [0.29, 0.717) is 17.5 Å². The second-order valence-electron chi connectivity index (χ2n) is 9.62. The molecule has 1 atom stereocenters. The number of hydrogen-bond donors (Lipinski definition) is 1. The van der Waals surface area contributed by atoms with Crippen LogP contribution in [0.25, 0.3) is 11.3 Å². The highest BCUT2D eigenvalue weighted by molar-refractivity contribution is 5.74. The van der Waals surface area contributed by atoms with E-state index in [1.165, 1.54) is 19.9 Å². The molecule has 1 amide bonds. The van der Waals surface area contributed by atoms with Crippen molar-refractivity contribution in [1.29, 1.82) is 0 Å². The van der Waals surface area contributed by atoms with E-state index in [4.69, 9.17) is 14.2 Å². The van der Waals surface area contributed by atoms with Crippen LogP contribution in [0.5, 0.6) is 17.4 Å². The van der Waals surface area contributed by atoms with Crippen LogP contribution in [0.3, 0.4) is 0 Å². The first-order valence-electron chi connectivity index (χ1n) is 12.8. The lowest BCUT2D eigenvalue weighted by atomic mass is 9.99. The zero-order chi connectivity index (χ0) is 30.2. The fourth-order valence-electron chi connectivity index (χ4n) is 4.67. The van der Waals surface area contributed by atoms with Gasteiger partial charge in [-0.2, -0.15) is 13.2 Å². The molecule has 3 heterocycles. The van der Waals surface area contributed by atoms with Crippen molar-refractivity contribution in [3.05, 3.63) is 99.9 Å². The molecule has 12 heteroatoms. The Morgan fingerprint density at radius 3 is 2.43 bits per heavy atom. The van der Waals surface area contributed by atoms with E-state index in [1.54, 1.807) is 6.92 Å². The number of ether oxygens (including phenoxy) is 3. The van der Waals surface area contributed by atoms with Crippen LogP contribution >= 0.6 is 0 Å². The second kappa shape index (κ2) is 11.3. The van der Waals surface area contributed by atoms with E-state index in [-0.39, 0.29) is 52.9 Å². The van der Waals surface area contributed by atoms with Crippen LogP contribution in [0.15, 0.2) is 54.7 Å². The molecule has 7 nitrogen and oxygen atoms in total. The molecule has 2 aromatic heterocycles. The highest BCUT2D eigenvalue weighted by Gasteiger charge is 2.36. The van der Waals surface area contributed by atoms with Crippen molar-refractivity contribution in [2.75, 3.05) is 6.54 Å². The Bertz CT molecular complexity index is 1660. The summed E-state index contributed by atoms with van der Waals surface area (Å²) in [7, 11) is 0. The summed E-state index contributed by atoms with van der Waals surface area (Å²) in [6.45, 7) is 4.35. The monoisotopic (exact) mass is 585 g/mol. The number of benzene rings is 2. The van der Waals surface area contributed by atoms with Crippen LogP contribution in [-0.2, 0) is 17.5 Å². The van der Waals surface area contributed by atoms with E-state index in [2.05, 4.69) is 15.3 Å². The van der Waals surface area contributed by atoms with Crippen molar-refractivity contribution in [3.63, 3.8) is 0 Å². The molecule has 0 aliphatic carbocycles. The maximum atomic E-state index is 14.3. The van der Waals surface area contributed by atoms with E-state index in [1.807, 2.05) is 30.3 Å². The number of aryl methyl sites for hydroxylation is 1. The standard InChI is InChI=1S/C30H24F5N3O4/c1-15-19(30(33,34)35)12-36-28(41-22-10-9-20(31)27(32)16(22)2)25(15)21-11-23(40-14-18-7-5-4-6-8-18)26(17(3)38-21)24-13-37-29(39)42-24/h4-12,24H,13-14H2,1-3H3,(H,37,39). The molecule has 1 aliphatic rings. The molecule has 4 aromatic rings. The van der Waals surface area contributed by atoms with Gasteiger partial charge in [-0.3, -0.25) is 4.98 Å². The van der Waals surface area contributed by atoms with Gasteiger partial charge in [0.15, 0.2) is 17.7 Å². The molecule has 2 aromatic carbocycles. The number of alkyl halides is 3. The molecule has 0 spiro atoms. The van der Waals surface area contributed by atoms with Gasteiger partial charge in [-0.25, -0.2) is 18.6 Å². The summed E-state index contributed by atoms with van der Waals surface area (Å²) in [5.41, 5.74) is -0.0181. The average molecular weight is 586 g/mol. The summed E-state index contributed by atoms with van der Waals surface area (Å²) in [4.78, 5) is 20.3. The summed E-state index contributed by atoms with van der Waals surface area (Å²) in [6.07, 6.45) is -5.53. The summed E-state index contributed by atoms with van der Waals surface area (Å²) in [5, 5.41) is 2.57. The SMILES string of the molecule is Cc1nc(-c2c(Oc3ccc(F)c(F)c3C)ncc(C(F)(F)F)c2C)cc(OCc2ccccc2)c1C1CNC(=O)O1. The summed E-state index contributed by atoms with van der Waals surface area (Å²) < 4.78 is 87.2. The topological polar surface area (TPSA) is 82.6 Å². The lowest BCUT2D eigenvalue weighted by Gasteiger charge is -2.21. The van der Waals surface area contributed by atoms with Gasteiger partial charge in [0.05, 0.1) is 28.9 Å². The number of nitrogens with zero attached hydrogens (tertiary/aromatic N) is 2. The lowest BCUT2D eigenvalue weighted by molar-refractivity contribution is -0.138. The molecule has 1 saturated heterocycles. The quantitative estimate of drug-likeness (QED) is 0.226. The molecule has 0 saturated carbocycles. The number of alkyl carbamates (subject to hydrolysis) is 1. The first-order valence-corrected chi connectivity index (χ1v) is 12.8. The molecule has 1 fully saturated rings. The zero-order valence-electron chi connectivity index (χ0n) is 22.6. The molecular weight excluding hydrogens is 561 g/mol.